The largest absolute Gasteiger partial charge is 0.508 e. The number of hydrogen-bond donors (Lipinski definition) is 2. The van der Waals surface area contributed by atoms with E-state index in [1.165, 1.54) is 0 Å². The van der Waals surface area contributed by atoms with Crippen molar-refractivity contribution >= 4 is 16.7 Å². The van der Waals surface area contributed by atoms with E-state index >= 15 is 0 Å². The highest BCUT2D eigenvalue weighted by molar-refractivity contribution is 5.95. The zero-order valence-corrected chi connectivity index (χ0v) is 14.8. The molecular formula is C21H23NO3. The summed E-state index contributed by atoms with van der Waals surface area (Å²) >= 11 is 0. The Hall–Kier alpha value is -2.75. The Labute approximate surface area is 147 Å². The number of phenolic OH excluding ortho intramolecular Hbond substituents is 2. The topological polar surface area (TPSA) is 62.5 Å². The molecule has 0 fully saturated rings. The minimum Gasteiger partial charge on any atom is -0.508 e. The first-order valence-corrected chi connectivity index (χ1v) is 8.48. The predicted molar refractivity (Wildman–Crippen MR) is 99.3 cm³/mol. The van der Waals surface area contributed by atoms with Crippen LogP contribution in [0.5, 0.6) is 11.5 Å². The van der Waals surface area contributed by atoms with Crippen molar-refractivity contribution in [1.82, 2.24) is 4.57 Å². The molecule has 0 bridgehead atoms. The first kappa shape index (κ1) is 17.1. The van der Waals surface area contributed by atoms with Crippen LogP contribution in [-0.2, 0) is 17.8 Å². The molecule has 0 saturated heterocycles. The number of rotatable bonds is 5. The molecule has 1 heterocycles. The van der Waals surface area contributed by atoms with Gasteiger partial charge < -0.3 is 14.8 Å². The summed E-state index contributed by atoms with van der Waals surface area (Å²) in [4.78, 5) is 11.8. The van der Waals surface area contributed by atoms with E-state index in [0.717, 1.165) is 27.7 Å². The highest BCUT2D eigenvalue weighted by atomic mass is 16.3. The van der Waals surface area contributed by atoms with Gasteiger partial charge in [-0.25, -0.2) is 0 Å². The minimum atomic E-state index is 0.0709. The van der Waals surface area contributed by atoms with Crippen molar-refractivity contribution in [1.29, 1.82) is 0 Å². The molecule has 0 aliphatic rings. The van der Waals surface area contributed by atoms with Gasteiger partial charge in [0.05, 0.1) is 5.52 Å². The highest BCUT2D eigenvalue weighted by Crippen LogP contribution is 2.37. The molecule has 0 aliphatic heterocycles. The summed E-state index contributed by atoms with van der Waals surface area (Å²) in [6.07, 6.45) is 0.300. The molecule has 1 aromatic heterocycles. The minimum absolute atomic E-state index is 0.0709. The van der Waals surface area contributed by atoms with Gasteiger partial charge in [0.25, 0.3) is 0 Å². The number of aromatic nitrogens is 1. The summed E-state index contributed by atoms with van der Waals surface area (Å²) in [6.45, 7) is 6.32. The standard InChI is InChI=1S/C21H23NO3/c1-13(2)21-17(10-14(3)23)20-18(8-5-9-19(20)25)22(21)12-15-6-4-7-16(24)11-15/h4-9,11,13,24-25H,10,12H2,1-3H3. The van der Waals surface area contributed by atoms with Crippen LogP contribution >= 0.6 is 0 Å². The van der Waals surface area contributed by atoms with Crippen LogP contribution in [0.15, 0.2) is 42.5 Å². The van der Waals surface area contributed by atoms with Crippen LogP contribution in [0.1, 0.15) is 43.5 Å². The van der Waals surface area contributed by atoms with Crippen LogP contribution in [0.3, 0.4) is 0 Å². The van der Waals surface area contributed by atoms with Crippen LogP contribution in [0.4, 0.5) is 0 Å². The SMILES string of the molecule is CC(=O)Cc1c(C(C)C)n(Cc2cccc(O)c2)c2cccc(O)c12. The maximum absolute atomic E-state index is 11.8. The number of benzene rings is 2. The molecule has 4 heteroatoms. The number of hydrogen-bond acceptors (Lipinski definition) is 3. The molecule has 25 heavy (non-hydrogen) atoms. The summed E-state index contributed by atoms with van der Waals surface area (Å²) in [7, 11) is 0. The van der Waals surface area contributed by atoms with E-state index in [1.54, 1.807) is 25.1 Å². The Bertz CT molecular complexity index is 938. The van der Waals surface area contributed by atoms with Crippen LogP contribution in [0.2, 0.25) is 0 Å². The van der Waals surface area contributed by atoms with Gasteiger partial charge in [-0.1, -0.05) is 32.0 Å². The molecular weight excluding hydrogens is 314 g/mol. The fraction of sp³-hybridized carbons (Fsp3) is 0.286. The van der Waals surface area contributed by atoms with E-state index in [9.17, 15) is 15.0 Å². The van der Waals surface area contributed by atoms with Gasteiger partial charge in [-0.3, -0.25) is 4.79 Å². The van der Waals surface area contributed by atoms with Gasteiger partial charge in [-0.2, -0.15) is 0 Å². The van der Waals surface area contributed by atoms with Crippen LogP contribution in [0, 0.1) is 0 Å². The lowest BCUT2D eigenvalue weighted by atomic mass is 9.99. The van der Waals surface area contributed by atoms with E-state index < -0.39 is 0 Å². The van der Waals surface area contributed by atoms with Crippen LogP contribution in [0.25, 0.3) is 10.9 Å². The van der Waals surface area contributed by atoms with E-state index in [-0.39, 0.29) is 23.2 Å². The van der Waals surface area contributed by atoms with Crippen molar-refractivity contribution in [2.75, 3.05) is 0 Å². The third-order valence-electron chi connectivity index (χ3n) is 4.44. The molecule has 0 saturated carbocycles. The third kappa shape index (κ3) is 3.25. The van der Waals surface area contributed by atoms with Gasteiger partial charge in [0.2, 0.25) is 0 Å². The monoisotopic (exact) mass is 337 g/mol. The van der Waals surface area contributed by atoms with Crippen molar-refractivity contribution in [3.63, 3.8) is 0 Å². The van der Waals surface area contributed by atoms with Gasteiger partial charge in [0.1, 0.15) is 17.3 Å². The number of carbonyl (C=O) groups is 1. The molecule has 0 unspecified atom stereocenters. The first-order chi connectivity index (χ1) is 11.9. The van der Waals surface area contributed by atoms with Crippen LogP contribution < -0.4 is 0 Å². The van der Waals surface area contributed by atoms with Gasteiger partial charge in [0, 0.05) is 24.0 Å². The van der Waals surface area contributed by atoms with E-state index in [1.807, 2.05) is 24.3 Å². The van der Waals surface area contributed by atoms with Crippen molar-refractivity contribution in [3.8, 4) is 11.5 Å². The molecule has 3 rings (SSSR count). The predicted octanol–water partition coefficient (Wildman–Crippen LogP) is 4.36. The van der Waals surface area contributed by atoms with Crippen molar-refractivity contribution in [2.24, 2.45) is 0 Å². The number of fused-ring (bicyclic) bond motifs is 1. The lowest BCUT2D eigenvalue weighted by Gasteiger charge is -2.15. The molecule has 130 valence electrons. The maximum Gasteiger partial charge on any atom is 0.134 e. The highest BCUT2D eigenvalue weighted by Gasteiger charge is 2.22. The average molecular weight is 337 g/mol. The molecule has 0 radical (unpaired) electrons. The molecule has 0 spiro atoms. The number of aromatic hydroxyl groups is 2. The number of ketones is 1. The summed E-state index contributed by atoms with van der Waals surface area (Å²) in [5, 5.41) is 20.9. The van der Waals surface area contributed by atoms with Gasteiger partial charge in [-0.05, 0) is 48.2 Å². The first-order valence-electron chi connectivity index (χ1n) is 8.48. The smallest absolute Gasteiger partial charge is 0.134 e. The van der Waals surface area contributed by atoms with E-state index in [2.05, 4.69) is 18.4 Å². The second kappa shape index (κ2) is 6.63. The summed E-state index contributed by atoms with van der Waals surface area (Å²) in [5.74, 6) is 0.692. The average Bonchev–Trinajstić information content (AvgIpc) is 2.82. The van der Waals surface area contributed by atoms with Crippen molar-refractivity contribution < 1.29 is 15.0 Å². The zero-order valence-electron chi connectivity index (χ0n) is 14.8. The fourth-order valence-electron chi connectivity index (χ4n) is 3.58. The maximum atomic E-state index is 11.8. The molecule has 0 aliphatic carbocycles. The third-order valence-corrected chi connectivity index (χ3v) is 4.44. The summed E-state index contributed by atoms with van der Waals surface area (Å²) in [6, 6.07) is 12.6. The Morgan fingerprint density at radius 3 is 2.48 bits per heavy atom. The van der Waals surface area contributed by atoms with Gasteiger partial charge >= 0.3 is 0 Å². The molecule has 2 aromatic carbocycles. The Morgan fingerprint density at radius 1 is 1.12 bits per heavy atom. The molecule has 2 N–H and O–H groups in total. The molecule has 3 aromatic rings. The zero-order chi connectivity index (χ0) is 18.1. The molecule has 0 amide bonds. The van der Waals surface area contributed by atoms with E-state index in [0.29, 0.717) is 13.0 Å². The van der Waals surface area contributed by atoms with Gasteiger partial charge in [0.15, 0.2) is 0 Å². The summed E-state index contributed by atoms with van der Waals surface area (Å²) in [5.41, 5.74) is 3.82. The quantitative estimate of drug-likeness (QED) is 0.727. The number of phenols is 2. The Morgan fingerprint density at radius 2 is 1.84 bits per heavy atom. The van der Waals surface area contributed by atoms with Gasteiger partial charge in [-0.15, -0.1) is 0 Å². The Balaban J connectivity index is 2.27. The second-order valence-electron chi connectivity index (χ2n) is 6.82. The van der Waals surface area contributed by atoms with Crippen LogP contribution in [-0.4, -0.2) is 20.6 Å². The van der Waals surface area contributed by atoms with Crippen molar-refractivity contribution in [3.05, 3.63) is 59.3 Å². The lowest BCUT2D eigenvalue weighted by Crippen LogP contribution is -2.09. The van der Waals surface area contributed by atoms with Crippen molar-refractivity contribution in [2.45, 2.75) is 39.7 Å². The fourth-order valence-corrected chi connectivity index (χ4v) is 3.58. The number of Topliss-reactive ketones (excluding diaryl/α,β-unsaturated/α-hetero) is 1. The number of nitrogens with zero attached hydrogens (tertiary/aromatic N) is 1. The number of carbonyl (C=O) groups excluding carboxylic acids is 1. The lowest BCUT2D eigenvalue weighted by molar-refractivity contribution is -0.116. The normalized spacial score (nSPS) is 11.4. The second-order valence-corrected chi connectivity index (χ2v) is 6.82. The Kier molecular flexibility index (Phi) is 4.53. The van der Waals surface area contributed by atoms with E-state index in [4.69, 9.17) is 0 Å². The molecule has 4 nitrogen and oxygen atoms in total. The summed E-state index contributed by atoms with van der Waals surface area (Å²) < 4.78 is 2.15. The molecule has 0 atom stereocenters.